The van der Waals surface area contributed by atoms with Crippen molar-refractivity contribution in [1.82, 2.24) is 14.8 Å². The summed E-state index contributed by atoms with van der Waals surface area (Å²) >= 11 is 0. The van der Waals surface area contributed by atoms with E-state index < -0.39 is 23.5 Å². The highest BCUT2D eigenvalue weighted by Crippen LogP contribution is 2.37. The van der Waals surface area contributed by atoms with E-state index in [1.165, 1.54) is 23.3 Å². The minimum atomic E-state index is -0.718. The molecule has 0 radical (unpaired) electrons. The standard InChI is InChI=1S/C23H27N3O4/c1-3-25(4-2)14-8-15-26-21(18-10-5-6-13-24-18)20(22(28)23(26)29)19(27)12-11-17-9-7-16-30-17/h5-7,9-13,16,21,28H,3-4,8,14-15H2,1-2H3/b12-11+. The number of hydrogen-bond acceptors (Lipinski definition) is 6. The van der Waals surface area contributed by atoms with Crippen LogP contribution in [0.3, 0.4) is 0 Å². The largest absolute Gasteiger partial charge is 0.503 e. The lowest BCUT2D eigenvalue weighted by Crippen LogP contribution is -2.34. The molecule has 7 heteroatoms. The van der Waals surface area contributed by atoms with Crippen molar-refractivity contribution >= 4 is 17.8 Å². The number of aliphatic hydroxyl groups is 1. The van der Waals surface area contributed by atoms with Crippen LogP contribution in [0.1, 0.15) is 37.8 Å². The van der Waals surface area contributed by atoms with Gasteiger partial charge in [0.2, 0.25) is 0 Å². The fourth-order valence-corrected chi connectivity index (χ4v) is 3.62. The third kappa shape index (κ3) is 4.68. The van der Waals surface area contributed by atoms with Crippen LogP contribution in [0.25, 0.3) is 6.08 Å². The zero-order valence-corrected chi connectivity index (χ0v) is 17.3. The molecule has 1 atom stereocenters. The maximum Gasteiger partial charge on any atom is 0.290 e. The molecule has 0 aromatic carbocycles. The number of amides is 1. The first kappa shape index (κ1) is 21.5. The van der Waals surface area contributed by atoms with Gasteiger partial charge < -0.3 is 19.3 Å². The molecule has 0 aliphatic carbocycles. The number of ketones is 1. The molecule has 0 fully saturated rings. The number of nitrogens with zero attached hydrogens (tertiary/aromatic N) is 3. The lowest BCUT2D eigenvalue weighted by atomic mass is 9.99. The van der Waals surface area contributed by atoms with E-state index in [4.69, 9.17) is 4.42 Å². The fourth-order valence-electron chi connectivity index (χ4n) is 3.62. The van der Waals surface area contributed by atoms with Gasteiger partial charge in [-0.15, -0.1) is 0 Å². The Morgan fingerprint density at radius 1 is 1.27 bits per heavy atom. The van der Waals surface area contributed by atoms with Crippen molar-refractivity contribution in [2.75, 3.05) is 26.2 Å². The van der Waals surface area contributed by atoms with Gasteiger partial charge in [0.1, 0.15) is 11.8 Å². The van der Waals surface area contributed by atoms with E-state index in [0.717, 1.165) is 26.1 Å². The lowest BCUT2D eigenvalue weighted by Gasteiger charge is -2.27. The molecular weight excluding hydrogens is 382 g/mol. The third-order valence-corrected chi connectivity index (χ3v) is 5.25. The summed E-state index contributed by atoms with van der Waals surface area (Å²) in [7, 11) is 0. The SMILES string of the molecule is CCN(CC)CCCN1C(=O)C(O)=C(C(=O)/C=C/c2ccco2)C1c1ccccn1. The maximum absolute atomic E-state index is 12.9. The molecule has 3 heterocycles. The maximum atomic E-state index is 12.9. The van der Waals surface area contributed by atoms with E-state index in [1.54, 1.807) is 36.5 Å². The highest BCUT2D eigenvalue weighted by molar-refractivity contribution is 6.14. The molecule has 1 N–H and O–H groups in total. The van der Waals surface area contributed by atoms with Crippen LogP contribution in [0.15, 0.2) is 64.6 Å². The summed E-state index contributed by atoms with van der Waals surface area (Å²) in [6, 6.07) is 8.05. The number of allylic oxidation sites excluding steroid dienone is 1. The Bertz CT molecular complexity index is 915. The summed E-state index contributed by atoms with van der Waals surface area (Å²) in [5, 5.41) is 10.6. The van der Waals surface area contributed by atoms with Gasteiger partial charge in [-0.1, -0.05) is 19.9 Å². The summed E-state index contributed by atoms with van der Waals surface area (Å²) < 4.78 is 5.21. The molecule has 0 saturated heterocycles. The second-order valence-electron chi connectivity index (χ2n) is 7.01. The monoisotopic (exact) mass is 409 g/mol. The van der Waals surface area contributed by atoms with Crippen LogP contribution in [-0.4, -0.2) is 57.8 Å². The van der Waals surface area contributed by atoms with Crippen molar-refractivity contribution in [2.45, 2.75) is 26.3 Å². The topological polar surface area (TPSA) is 86.9 Å². The Labute approximate surface area is 176 Å². The van der Waals surface area contributed by atoms with Gasteiger partial charge in [0.15, 0.2) is 11.5 Å². The average Bonchev–Trinajstić information content (AvgIpc) is 3.38. The molecule has 1 unspecified atom stereocenters. The van der Waals surface area contributed by atoms with Crippen molar-refractivity contribution < 1.29 is 19.1 Å². The smallest absolute Gasteiger partial charge is 0.290 e. The number of aliphatic hydroxyl groups excluding tert-OH is 1. The summed E-state index contributed by atoms with van der Waals surface area (Å²) in [6.07, 6.45) is 6.69. The Morgan fingerprint density at radius 2 is 2.07 bits per heavy atom. The molecule has 0 saturated carbocycles. The second kappa shape index (κ2) is 10.0. The van der Waals surface area contributed by atoms with Crippen molar-refractivity contribution in [3.63, 3.8) is 0 Å². The van der Waals surface area contributed by atoms with Crippen LogP contribution in [-0.2, 0) is 9.59 Å². The number of rotatable bonds is 10. The summed E-state index contributed by atoms with van der Waals surface area (Å²) in [5.74, 6) is -0.986. The quantitative estimate of drug-likeness (QED) is 0.606. The van der Waals surface area contributed by atoms with Crippen molar-refractivity contribution in [1.29, 1.82) is 0 Å². The first-order valence-electron chi connectivity index (χ1n) is 10.2. The lowest BCUT2D eigenvalue weighted by molar-refractivity contribution is -0.129. The zero-order chi connectivity index (χ0) is 21.5. The molecule has 1 aliphatic heterocycles. The Morgan fingerprint density at radius 3 is 2.70 bits per heavy atom. The van der Waals surface area contributed by atoms with Crippen LogP contribution in [0.4, 0.5) is 0 Å². The molecular formula is C23H27N3O4. The number of carbonyl (C=O) groups is 2. The molecule has 0 spiro atoms. The molecule has 7 nitrogen and oxygen atoms in total. The highest BCUT2D eigenvalue weighted by atomic mass is 16.3. The summed E-state index contributed by atoms with van der Waals surface area (Å²) in [4.78, 5) is 33.9. The van der Waals surface area contributed by atoms with Gasteiger partial charge in [-0.05, 0) is 62.5 Å². The summed E-state index contributed by atoms with van der Waals surface area (Å²) in [6.45, 7) is 7.29. The van der Waals surface area contributed by atoms with Gasteiger partial charge >= 0.3 is 0 Å². The van der Waals surface area contributed by atoms with Crippen molar-refractivity contribution in [3.8, 4) is 0 Å². The Kier molecular flexibility index (Phi) is 7.19. The Balaban J connectivity index is 1.86. The number of pyridine rings is 1. The third-order valence-electron chi connectivity index (χ3n) is 5.25. The van der Waals surface area contributed by atoms with Crippen LogP contribution in [0.2, 0.25) is 0 Å². The second-order valence-corrected chi connectivity index (χ2v) is 7.01. The van der Waals surface area contributed by atoms with Crippen LogP contribution in [0.5, 0.6) is 0 Å². The van der Waals surface area contributed by atoms with E-state index in [9.17, 15) is 14.7 Å². The van der Waals surface area contributed by atoms with E-state index >= 15 is 0 Å². The molecule has 30 heavy (non-hydrogen) atoms. The molecule has 2 aromatic heterocycles. The first-order valence-corrected chi connectivity index (χ1v) is 10.2. The molecule has 3 rings (SSSR count). The Hall–Kier alpha value is -3.19. The predicted molar refractivity (Wildman–Crippen MR) is 113 cm³/mol. The zero-order valence-electron chi connectivity index (χ0n) is 17.3. The van der Waals surface area contributed by atoms with E-state index in [-0.39, 0.29) is 5.57 Å². The van der Waals surface area contributed by atoms with Gasteiger partial charge in [0, 0.05) is 12.7 Å². The molecule has 1 aliphatic rings. The fraction of sp³-hybridized carbons (Fsp3) is 0.348. The highest BCUT2D eigenvalue weighted by Gasteiger charge is 2.43. The molecule has 158 valence electrons. The molecule has 1 amide bonds. The van der Waals surface area contributed by atoms with Gasteiger partial charge in [0.25, 0.3) is 5.91 Å². The average molecular weight is 409 g/mol. The summed E-state index contributed by atoms with van der Waals surface area (Å²) in [5.41, 5.74) is 0.594. The number of carbonyl (C=O) groups excluding carboxylic acids is 2. The van der Waals surface area contributed by atoms with E-state index in [2.05, 4.69) is 23.7 Å². The van der Waals surface area contributed by atoms with E-state index in [0.29, 0.717) is 18.0 Å². The van der Waals surface area contributed by atoms with Gasteiger partial charge in [-0.3, -0.25) is 14.6 Å². The minimum Gasteiger partial charge on any atom is -0.503 e. The van der Waals surface area contributed by atoms with Gasteiger partial charge in [-0.2, -0.15) is 0 Å². The van der Waals surface area contributed by atoms with Crippen LogP contribution in [0, 0.1) is 0 Å². The number of hydrogen-bond donors (Lipinski definition) is 1. The van der Waals surface area contributed by atoms with Crippen molar-refractivity contribution in [2.24, 2.45) is 0 Å². The number of aromatic nitrogens is 1. The van der Waals surface area contributed by atoms with Gasteiger partial charge in [0.05, 0.1) is 17.5 Å². The van der Waals surface area contributed by atoms with E-state index in [1.807, 2.05) is 0 Å². The van der Waals surface area contributed by atoms with Crippen LogP contribution < -0.4 is 0 Å². The molecule has 2 aromatic rings. The van der Waals surface area contributed by atoms with Gasteiger partial charge in [-0.25, -0.2) is 0 Å². The minimum absolute atomic E-state index is 0.0457. The first-order chi connectivity index (χ1) is 14.6. The normalized spacial score (nSPS) is 17.0. The van der Waals surface area contributed by atoms with Crippen molar-refractivity contribution in [3.05, 3.63) is 71.7 Å². The predicted octanol–water partition coefficient (Wildman–Crippen LogP) is 3.38. The van der Waals surface area contributed by atoms with Crippen LogP contribution >= 0.6 is 0 Å². The number of furan rings is 1. The molecule has 0 bridgehead atoms.